The zero-order valence-corrected chi connectivity index (χ0v) is 10.5. The minimum Gasteiger partial charge on any atom is -0.545 e. The molecule has 0 bridgehead atoms. The van der Waals surface area contributed by atoms with E-state index in [4.69, 9.17) is 13.3 Å². The van der Waals surface area contributed by atoms with Crippen molar-refractivity contribution >= 4 is 14.8 Å². The van der Waals surface area contributed by atoms with E-state index < -0.39 is 14.8 Å². The molecule has 1 unspecified atom stereocenters. The van der Waals surface area contributed by atoms with Gasteiger partial charge in [0.25, 0.3) is 0 Å². The summed E-state index contributed by atoms with van der Waals surface area (Å²) in [7, 11) is 1.69. The average Bonchev–Trinajstić information content (AvgIpc) is 2.24. The van der Waals surface area contributed by atoms with Crippen LogP contribution in [0.4, 0.5) is 0 Å². The van der Waals surface area contributed by atoms with Crippen molar-refractivity contribution in [3.05, 3.63) is 12.2 Å². The lowest BCUT2D eigenvalue weighted by Gasteiger charge is -2.30. The first-order valence-corrected chi connectivity index (χ1v) is 6.41. The van der Waals surface area contributed by atoms with Gasteiger partial charge in [-0.25, -0.2) is 0 Å². The standard InChI is InChI=1S/C9H18O5Si/c1-5-8(6-7-9(10)11)15(12-2,13-3)14-4/h6-8H,5H2,1-4H3,(H,10,11)/p-1/b7-6+. The maximum Gasteiger partial charge on any atom is 0.507 e. The molecule has 0 aromatic rings. The second-order valence-corrected chi connectivity index (χ2v) is 6.08. The Kier molecular flexibility index (Phi) is 6.42. The molecule has 0 saturated carbocycles. The van der Waals surface area contributed by atoms with Crippen LogP contribution in [-0.2, 0) is 18.1 Å². The molecule has 0 aliphatic heterocycles. The third-order valence-electron chi connectivity index (χ3n) is 2.21. The molecule has 0 aromatic carbocycles. The van der Waals surface area contributed by atoms with Crippen molar-refractivity contribution in [2.24, 2.45) is 0 Å². The van der Waals surface area contributed by atoms with E-state index in [9.17, 15) is 9.90 Å². The highest BCUT2D eigenvalue weighted by Crippen LogP contribution is 2.28. The van der Waals surface area contributed by atoms with E-state index >= 15 is 0 Å². The molecule has 0 rings (SSSR count). The number of carbonyl (C=O) groups is 1. The second kappa shape index (κ2) is 6.73. The molecule has 0 spiro atoms. The van der Waals surface area contributed by atoms with Crippen LogP contribution in [0.1, 0.15) is 13.3 Å². The average molecular weight is 233 g/mol. The lowest BCUT2D eigenvalue weighted by Crippen LogP contribution is -2.47. The fourth-order valence-corrected chi connectivity index (χ4v) is 3.64. The molecule has 0 fully saturated rings. The monoisotopic (exact) mass is 233 g/mol. The SMILES string of the molecule is CCC(/C=C/C(=O)[O-])[Si](OC)(OC)OC. The zero-order valence-electron chi connectivity index (χ0n) is 9.48. The van der Waals surface area contributed by atoms with Crippen LogP contribution in [0.2, 0.25) is 5.54 Å². The van der Waals surface area contributed by atoms with Crippen LogP contribution in [-0.4, -0.2) is 36.1 Å². The number of aliphatic carboxylic acids is 1. The first-order chi connectivity index (χ1) is 7.06. The summed E-state index contributed by atoms with van der Waals surface area (Å²) in [6.07, 6.45) is 3.15. The highest BCUT2D eigenvalue weighted by atomic mass is 28.4. The van der Waals surface area contributed by atoms with E-state index in [1.807, 2.05) is 6.92 Å². The summed E-state index contributed by atoms with van der Waals surface area (Å²) >= 11 is 0. The van der Waals surface area contributed by atoms with Crippen LogP contribution >= 0.6 is 0 Å². The fraction of sp³-hybridized carbons (Fsp3) is 0.667. The molecule has 6 heteroatoms. The molecule has 5 nitrogen and oxygen atoms in total. The molecular formula is C9H17O5Si-. The molecule has 0 aromatic heterocycles. The van der Waals surface area contributed by atoms with Crippen LogP contribution in [0.15, 0.2) is 12.2 Å². The molecular weight excluding hydrogens is 216 g/mol. The van der Waals surface area contributed by atoms with E-state index in [0.29, 0.717) is 6.42 Å². The number of carboxylic acids is 1. The van der Waals surface area contributed by atoms with Gasteiger partial charge in [-0.15, -0.1) is 0 Å². The predicted molar refractivity (Wildman–Crippen MR) is 55.0 cm³/mol. The molecule has 0 heterocycles. The van der Waals surface area contributed by atoms with Crippen LogP contribution in [0.5, 0.6) is 0 Å². The van der Waals surface area contributed by atoms with Crippen molar-refractivity contribution in [2.75, 3.05) is 21.3 Å². The van der Waals surface area contributed by atoms with Gasteiger partial charge in [0.05, 0.1) is 5.97 Å². The van der Waals surface area contributed by atoms with Gasteiger partial charge in [0, 0.05) is 26.9 Å². The predicted octanol–water partition coefficient (Wildman–Crippen LogP) is -0.0492. The lowest BCUT2D eigenvalue weighted by atomic mass is 10.3. The zero-order chi connectivity index (χ0) is 11.9. The molecule has 0 amide bonds. The van der Waals surface area contributed by atoms with Gasteiger partial charge < -0.3 is 23.2 Å². The van der Waals surface area contributed by atoms with Gasteiger partial charge in [-0.2, -0.15) is 0 Å². The molecule has 15 heavy (non-hydrogen) atoms. The molecule has 0 radical (unpaired) electrons. The van der Waals surface area contributed by atoms with Gasteiger partial charge >= 0.3 is 8.80 Å². The van der Waals surface area contributed by atoms with Gasteiger partial charge in [-0.1, -0.05) is 13.0 Å². The van der Waals surface area contributed by atoms with Crippen molar-refractivity contribution in [3.8, 4) is 0 Å². The summed E-state index contributed by atoms with van der Waals surface area (Å²) in [5.74, 6) is -1.24. The Morgan fingerprint density at radius 1 is 1.33 bits per heavy atom. The number of hydrogen-bond acceptors (Lipinski definition) is 5. The Balaban J connectivity index is 4.81. The Morgan fingerprint density at radius 2 is 1.80 bits per heavy atom. The van der Waals surface area contributed by atoms with Crippen LogP contribution < -0.4 is 5.11 Å². The quantitative estimate of drug-likeness (QED) is 0.455. The van der Waals surface area contributed by atoms with Crippen molar-refractivity contribution < 1.29 is 23.2 Å². The number of hydrogen-bond donors (Lipinski definition) is 0. The van der Waals surface area contributed by atoms with Gasteiger partial charge in [-0.3, -0.25) is 0 Å². The first-order valence-electron chi connectivity index (χ1n) is 4.60. The normalized spacial score (nSPS) is 14.4. The van der Waals surface area contributed by atoms with Gasteiger partial charge in [-0.05, 0) is 12.5 Å². The van der Waals surface area contributed by atoms with Crippen molar-refractivity contribution in [1.29, 1.82) is 0 Å². The summed E-state index contributed by atoms with van der Waals surface area (Å²) in [5, 5.41) is 10.3. The van der Waals surface area contributed by atoms with Gasteiger partial charge in [0.2, 0.25) is 0 Å². The van der Waals surface area contributed by atoms with Gasteiger partial charge in [0.15, 0.2) is 0 Å². The summed E-state index contributed by atoms with van der Waals surface area (Å²) in [5.41, 5.74) is -0.185. The number of carbonyl (C=O) groups excluding carboxylic acids is 1. The summed E-state index contributed by atoms with van der Waals surface area (Å²) in [6.45, 7) is 1.91. The van der Waals surface area contributed by atoms with E-state index in [1.54, 1.807) is 0 Å². The van der Waals surface area contributed by atoms with E-state index in [0.717, 1.165) is 6.08 Å². The molecule has 0 N–H and O–H groups in total. The smallest absolute Gasteiger partial charge is 0.507 e. The molecule has 1 atom stereocenters. The minimum absolute atomic E-state index is 0.185. The number of allylic oxidation sites excluding steroid dienone is 1. The van der Waals surface area contributed by atoms with Crippen molar-refractivity contribution in [3.63, 3.8) is 0 Å². The maximum atomic E-state index is 10.3. The van der Waals surface area contributed by atoms with Crippen LogP contribution in [0, 0.1) is 0 Å². The third-order valence-corrected chi connectivity index (χ3v) is 5.43. The highest BCUT2D eigenvalue weighted by molar-refractivity contribution is 6.62. The van der Waals surface area contributed by atoms with E-state index in [-0.39, 0.29) is 5.54 Å². The van der Waals surface area contributed by atoms with Crippen molar-refractivity contribution in [1.82, 2.24) is 0 Å². The second-order valence-electron chi connectivity index (χ2n) is 2.91. The van der Waals surface area contributed by atoms with Gasteiger partial charge in [0.1, 0.15) is 0 Å². The Hall–Kier alpha value is -0.693. The number of carboxylic acid groups (broad SMARTS) is 1. The third kappa shape index (κ3) is 3.75. The Labute approximate surface area is 91.0 Å². The first kappa shape index (κ1) is 14.3. The Bertz CT molecular complexity index is 216. The van der Waals surface area contributed by atoms with E-state index in [2.05, 4.69) is 0 Å². The van der Waals surface area contributed by atoms with Crippen LogP contribution in [0.3, 0.4) is 0 Å². The Morgan fingerprint density at radius 3 is 2.07 bits per heavy atom. The number of rotatable bonds is 7. The molecule has 0 saturated heterocycles. The topological polar surface area (TPSA) is 67.8 Å². The van der Waals surface area contributed by atoms with Crippen molar-refractivity contribution in [2.45, 2.75) is 18.9 Å². The maximum absolute atomic E-state index is 10.3. The van der Waals surface area contributed by atoms with E-state index in [1.165, 1.54) is 27.4 Å². The van der Waals surface area contributed by atoms with Crippen LogP contribution in [0.25, 0.3) is 0 Å². The summed E-state index contributed by atoms with van der Waals surface area (Å²) in [6, 6.07) is 0. The fourth-order valence-electron chi connectivity index (χ4n) is 1.40. The minimum atomic E-state index is -2.79. The lowest BCUT2D eigenvalue weighted by molar-refractivity contribution is -0.297. The molecule has 0 aliphatic rings. The summed E-state index contributed by atoms with van der Waals surface area (Å²) < 4.78 is 15.8. The molecule has 88 valence electrons. The molecule has 0 aliphatic carbocycles. The summed E-state index contributed by atoms with van der Waals surface area (Å²) in [4.78, 5) is 10.3. The largest absolute Gasteiger partial charge is 0.545 e. The highest BCUT2D eigenvalue weighted by Gasteiger charge is 2.44.